The summed E-state index contributed by atoms with van der Waals surface area (Å²) in [6, 6.07) is 16.7. The number of carbonyl (C=O) groups excluding carboxylic acids is 2. The molecule has 8 heteroatoms. The molecule has 1 saturated heterocycles. The molecule has 1 aromatic heterocycles. The number of likely N-dealkylation sites (tertiary alicyclic amines) is 1. The average Bonchev–Trinajstić information content (AvgIpc) is 2.99. The zero-order valence-corrected chi connectivity index (χ0v) is 21.3. The Bertz CT molecular complexity index is 1270. The number of nitrogens with zero attached hydrogens (tertiary/aromatic N) is 3. The number of benzene rings is 2. The normalized spacial score (nSPS) is 17.7. The number of para-hydroxylation sites is 1. The highest BCUT2D eigenvalue weighted by atomic mass is 35.5. The minimum absolute atomic E-state index is 0.00160. The number of pyridine rings is 1. The Labute approximate surface area is 216 Å². The minimum atomic E-state index is -0.580. The molecule has 0 unspecified atom stereocenters. The molecular formula is C28H29ClN4O3. The summed E-state index contributed by atoms with van der Waals surface area (Å²) >= 11 is 6.07. The molecule has 1 N–H and O–H groups in total. The molecule has 2 aromatic carbocycles. The lowest BCUT2D eigenvalue weighted by atomic mass is 9.89. The van der Waals surface area contributed by atoms with Crippen LogP contribution in [0.3, 0.4) is 0 Å². The Balaban J connectivity index is 1.44. The predicted octanol–water partition coefficient (Wildman–Crippen LogP) is 5.05. The minimum Gasteiger partial charge on any atom is -0.480 e. The number of halogens is 1. The molecule has 1 spiro atoms. The lowest BCUT2D eigenvalue weighted by molar-refractivity contribution is -0.104. The molecule has 1 atom stereocenters. The van der Waals surface area contributed by atoms with Crippen LogP contribution >= 0.6 is 11.6 Å². The van der Waals surface area contributed by atoms with E-state index in [1.807, 2.05) is 43.0 Å². The number of nitrogens with one attached hydrogen (secondary N) is 1. The van der Waals surface area contributed by atoms with Gasteiger partial charge in [0.2, 0.25) is 0 Å². The molecule has 3 aromatic rings. The maximum Gasteiger partial charge on any atom is 0.258 e. The van der Waals surface area contributed by atoms with Crippen molar-refractivity contribution in [3.8, 4) is 5.75 Å². The number of hydrogen-bond donors (Lipinski definition) is 1. The molecule has 0 bridgehead atoms. The van der Waals surface area contributed by atoms with Gasteiger partial charge in [-0.3, -0.25) is 19.5 Å². The van der Waals surface area contributed by atoms with Crippen molar-refractivity contribution in [1.29, 1.82) is 0 Å². The highest BCUT2D eigenvalue weighted by molar-refractivity contribution is 6.30. The summed E-state index contributed by atoms with van der Waals surface area (Å²) in [6.45, 7) is 7.96. The van der Waals surface area contributed by atoms with Crippen molar-refractivity contribution in [2.75, 3.05) is 25.0 Å². The number of rotatable bonds is 5. The summed E-state index contributed by atoms with van der Waals surface area (Å²) in [7, 11) is 0. The van der Waals surface area contributed by atoms with Crippen LogP contribution in [0.1, 0.15) is 53.1 Å². The summed E-state index contributed by atoms with van der Waals surface area (Å²) in [5, 5.41) is 3.65. The Morgan fingerprint density at radius 3 is 2.39 bits per heavy atom. The van der Waals surface area contributed by atoms with E-state index in [0.29, 0.717) is 47.2 Å². The van der Waals surface area contributed by atoms with Crippen LogP contribution in [0.2, 0.25) is 5.02 Å². The SMILES string of the molecule is CC(C)N1CC2(CN([C@@H](C)c3ccc(Cl)cc3)C2)Oc2c(NC(=O)c3ccncc3)cccc2C1=O. The van der Waals surface area contributed by atoms with Crippen LogP contribution in [0.5, 0.6) is 5.75 Å². The van der Waals surface area contributed by atoms with Gasteiger partial charge in [-0.25, -0.2) is 0 Å². The molecule has 3 heterocycles. The summed E-state index contributed by atoms with van der Waals surface area (Å²) < 4.78 is 6.68. The summed E-state index contributed by atoms with van der Waals surface area (Å²) in [4.78, 5) is 34.6. The summed E-state index contributed by atoms with van der Waals surface area (Å²) in [6.07, 6.45) is 3.14. The van der Waals surface area contributed by atoms with Crippen LogP contribution in [0.25, 0.3) is 0 Å². The van der Waals surface area contributed by atoms with E-state index in [-0.39, 0.29) is 23.9 Å². The van der Waals surface area contributed by atoms with Crippen LogP contribution in [0, 0.1) is 0 Å². The predicted molar refractivity (Wildman–Crippen MR) is 140 cm³/mol. The maximum atomic E-state index is 13.6. The number of carbonyl (C=O) groups is 2. The molecular weight excluding hydrogens is 476 g/mol. The van der Waals surface area contributed by atoms with Crippen LogP contribution in [-0.4, -0.2) is 57.9 Å². The van der Waals surface area contributed by atoms with Gasteiger partial charge in [-0.2, -0.15) is 0 Å². The van der Waals surface area contributed by atoms with E-state index in [2.05, 4.69) is 22.1 Å². The topological polar surface area (TPSA) is 74.8 Å². The molecule has 186 valence electrons. The molecule has 7 nitrogen and oxygen atoms in total. The largest absolute Gasteiger partial charge is 0.480 e. The lowest BCUT2D eigenvalue weighted by Crippen LogP contribution is -2.69. The highest BCUT2D eigenvalue weighted by Crippen LogP contribution is 2.42. The third kappa shape index (κ3) is 4.56. The first-order valence-electron chi connectivity index (χ1n) is 12.1. The van der Waals surface area contributed by atoms with E-state index in [4.69, 9.17) is 16.3 Å². The van der Waals surface area contributed by atoms with Gasteiger partial charge in [-0.1, -0.05) is 29.8 Å². The highest BCUT2D eigenvalue weighted by Gasteiger charge is 2.51. The second-order valence-electron chi connectivity index (χ2n) is 9.82. The van der Waals surface area contributed by atoms with Crippen molar-refractivity contribution < 1.29 is 14.3 Å². The lowest BCUT2D eigenvalue weighted by Gasteiger charge is -2.53. The quantitative estimate of drug-likeness (QED) is 0.526. The number of aromatic nitrogens is 1. The van der Waals surface area contributed by atoms with Gasteiger partial charge < -0.3 is 15.0 Å². The van der Waals surface area contributed by atoms with E-state index in [0.717, 1.165) is 0 Å². The second-order valence-corrected chi connectivity index (χ2v) is 10.3. The van der Waals surface area contributed by atoms with Crippen molar-refractivity contribution in [3.05, 3.63) is 88.7 Å². The van der Waals surface area contributed by atoms with Gasteiger partial charge in [-0.15, -0.1) is 0 Å². The van der Waals surface area contributed by atoms with Crippen LogP contribution in [-0.2, 0) is 0 Å². The fourth-order valence-corrected chi connectivity index (χ4v) is 5.02. The van der Waals surface area contributed by atoms with Crippen molar-refractivity contribution >= 4 is 29.1 Å². The number of fused-ring (bicyclic) bond motifs is 1. The van der Waals surface area contributed by atoms with Crippen molar-refractivity contribution in [1.82, 2.24) is 14.8 Å². The number of hydrogen-bond acceptors (Lipinski definition) is 5. The van der Waals surface area contributed by atoms with Gasteiger partial charge in [0.05, 0.1) is 17.8 Å². The van der Waals surface area contributed by atoms with E-state index < -0.39 is 5.60 Å². The van der Waals surface area contributed by atoms with E-state index in [1.165, 1.54) is 5.56 Å². The molecule has 36 heavy (non-hydrogen) atoms. The molecule has 0 radical (unpaired) electrons. The Hall–Kier alpha value is -3.42. The zero-order valence-electron chi connectivity index (χ0n) is 20.6. The number of ether oxygens (including phenoxy) is 1. The first kappa shape index (κ1) is 24.3. The van der Waals surface area contributed by atoms with E-state index in [1.54, 1.807) is 42.7 Å². The summed E-state index contributed by atoms with van der Waals surface area (Å²) in [5.41, 5.74) is 2.01. The van der Waals surface area contributed by atoms with Gasteiger partial charge in [0.25, 0.3) is 11.8 Å². The second kappa shape index (κ2) is 9.56. The fraction of sp³-hybridized carbons (Fsp3) is 0.321. The first-order valence-corrected chi connectivity index (χ1v) is 12.5. The van der Waals surface area contributed by atoms with Crippen LogP contribution < -0.4 is 10.1 Å². The van der Waals surface area contributed by atoms with E-state index >= 15 is 0 Å². The third-order valence-corrected chi connectivity index (χ3v) is 7.23. The van der Waals surface area contributed by atoms with Crippen molar-refractivity contribution in [2.45, 2.75) is 38.5 Å². The molecule has 2 amide bonds. The zero-order chi connectivity index (χ0) is 25.4. The first-order chi connectivity index (χ1) is 17.3. The summed E-state index contributed by atoms with van der Waals surface area (Å²) in [5.74, 6) is 0.0420. The van der Waals surface area contributed by atoms with Crippen molar-refractivity contribution in [3.63, 3.8) is 0 Å². The monoisotopic (exact) mass is 504 g/mol. The molecule has 5 rings (SSSR count). The standard InChI is InChI=1S/C28H29ClN4O3/c1-18(2)33-17-28(15-32(16-28)19(3)20-7-9-22(29)10-8-20)36-25-23(27(33)35)5-4-6-24(25)31-26(34)21-11-13-30-14-12-21/h4-14,18-19H,15-17H2,1-3H3,(H,31,34)/t19-/m0/s1. The number of anilines is 1. The Kier molecular flexibility index (Phi) is 6.45. The van der Waals surface area contributed by atoms with E-state index in [9.17, 15) is 9.59 Å². The molecule has 0 saturated carbocycles. The van der Waals surface area contributed by atoms with Crippen LogP contribution in [0.4, 0.5) is 5.69 Å². The van der Waals surface area contributed by atoms with Gasteiger partial charge in [0.1, 0.15) is 0 Å². The molecule has 2 aliphatic rings. The molecule has 2 aliphatic heterocycles. The van der Waals surface area contributed by atoms with Gasteiger partial charge in [-0.05, 0) is 62.7 Å². The van der Waals surface area contributed by atoms with Gasteiger partial charge >= 0.3 is 0 Å². The fourth-order valence-electron chi connectivity index (χ4n) is 4.90. The van der Waals surface area contributed by atoms with Crippen molar-refractivity contribution in [2.24, 2.45) is 0 Å². The van der Waals surface area contributed by atoms with Crippen LogP contribution in [0.15, 0.2) is 67.0 Å². The van der Waals surface area contributed by atoms with Gasteiger partial charge in [0.15, 0.2) is 11.4 Å². The average molecular weight is 505 g/mol. The smallest absolute Gasteiger partial charge is 0.258 e. The third-order valence-electron chi connectivity index (χ3n) is 6.98. The molecule has 1 fully saturated rings. The Morgan fingerprint density at radius 1 is 1.03 bits per heavy atom. The maximum absolute atomic E-state index is 13.6. The van der Waals surface area contributed by atoms with Gasteiger partial charge in [0, 0.05) is 48.2 Å². The number of amides is 2. The molecule has 0 aliphatic carbocycles. The Morgan fingerprint density at radius 2 is 1.72 bits per heavy atom.